The third-order valence-corrected chi connectivity index (χ3v) is 6.95. The van der Waals surface area contributed by atoms with Crippen molar-refractivity contribution >= 4 is 17.5 Å². The molecule has 1 aliphatic heterocycles. The molecule has 0 aliphatic carbocycles. The summed E-state index contributed by atoms with van der Waals surface area (Å²) in [6.07, 6.45) is 4.09. The molecule has 0 N–H and O–H groups in total. The summed E-state index contributed by atoms with van der Waals surface area (Å²) in [4.78, 5) is 48.6. The van der Waals surface area contributed by atoms with Crippen LogP contribution in [0.4, 0.5) is 4.39 Å². The minimum Gasteiger partial charge on any atom is -0.439 e. The first-order valence-corrected chi connectivity index (χ1v) is 13.1. The molecule has 0 bridgehead atoms. The van der Waals surface area contributed by atoms with E-state index in [1.165, 1.54) is 36.5 Å². The van der Waals surface area contributed by atoms with E-state index in [1.54, 1.807) is 53.6 Å². The molecule has 1 amide bonds. The van der Waals surface area contributed by atoms with Gasteiger partial charge in [-0.25, -0.2) is 9.37 Å². The van der Waals surface area contributed by atoms with Gasteiger partial charge in [-0.2, -0.15) is 5.26 Å². The highest BCUT2D eigenvalue weighted by Gasteiger charge is 2.28. The van der Waals surface area contributed by atoms with Crippen LogP contribution >= 0.6 is 0 Å². The number of carbonyl (C=O) groups is 3. The van der Waals surface area contributed by atoms with E-state index in [2.05, 4.69) is 9.97 Å². The number of carbonyl (C=O) groups excluding carboxylic acids is 3. The van der Waals surface area contributed by atoms with Gasteiger partial charge < -0.3 is 9.64 Å². The van der Waals surface area contributed by atoms with Crippen LogP contribution in [0.1, 0.15) is 55.2 Å². The maximum atomic E-state index is 13.2. The number of amides is 1. The van der Waals surface area contributed by atoms with Gasteiger partial charge in [0.2, 0.25) is 5.88 Å². The molecule has 0 unspecified atom stereocenters. The second-order valence-electron chi connectivity index (χ2n) is 9.71. The van der Waals surface area contributed by atoms with E-state index >= 15 is 0 Å². The average Bonchev–Trinajstić information content (AvgIpc) is 3.02. The van der Waals surface area contributed by atoms with Crippen LogP contribution in [0.3, 0.4) is 0 Å². The van der Waals surface area contributed by atoms with Crippen molar-refractivity contribution < 1.29 is 23.5 Å². The van der Waals surface area contributed by atoms with Gasteiger partial charge in [-0.15, -0.1) is 0 Å². The Labute approximate surface area is 236 Å². The minimum absolute atomic E-state index is 0.0368. The summed E-state index contributed by atoms with van der Waals surface area (Å²) >= 11 is 0. The molecule has 0 radical (unpaired) electrons. The number of hydrogen-bond donors (Lipinski definition) is 0. The van der Waals surface area contributed by atoms with E-state index in [4.69, 9.17) is 10.00 Å². The third-order valence-electron chi connectivity index (χ3n) is 6.95. The fourth-order valence-corrected chi connectivity index (χ4v) is 4.63. The molecule has 5 rings (SSSR count). The third kappa shape index (κ3) is 6.68. The van der Waals surface area contributed by atoms with Gasteiger partial charge in [0, 0.05) is 49.5 Å². The maximum absolute atomic E-state index is 13.2. The Kier molecular flexibility index (Phi) is 8.20. The van der Waals surface area contributed by atoms with Gasteiger partial charge in [0.1, 0.15) is 17.3 Å². The molecule has 1 saturated heterocycles. The Morgan fingerprint density at radius 2 is 1.59 bits per heavy atom. The van der Waals surface area contributed by atoms with Crippen molar-refractivity contribution in [2.45, 2.75) is 19.3 Å². The van der Waals surface area contributed by atoms with E-state index in [9.17, 15) is 18.8 Å². The van der Waals surface area contributed by atoms with Gasteiger partial charge in [-0.05, 0) is 79.1 Å². The fraction of sp³-hybridized carbons (Fsp3) is 0.188. The monoisotopic (exact) mass is 548 g/mol. The van der Waals surface area contributed by atoms with E-state index in [-0.39, 0.29) is 41.3 Å². The molecular weight excluding hydrogens is 523 g/mol. The zero-order valence-corrected chi connectivity index (χ0v) is 22.0. The topological polar surface area (TPSA) is 113 Å². The summed E-state index contributed by atoms with van der Waals surface area (Å²) in [6.45, 7) is 0.851. The van der Waals surface area contributed by atoms with Crippen molar-refractivity contribution in [3.05, 3.63) is 119 Å². The Bertz CT molecular complexity index is 1590. The van der Waals surface area contributed by atoms with Crippen LogP contribution in [-0.4, -0.2) is 45.4 Å². The Morgan fingerprint density at radius 3 is 2.20 bits per heavy atom. The van der Waals surface area contributed by atoms with Crippen molar-refractivity contribution in [1.29, 1.82) is 5.26 Å². The molecule has 0 saturated carbocycles. The summed E-state index contributed by atoms with van der Waals surface area (Å²) in [5.74, 6) is -0.156. The van der Waals surface area contributed by atoms with Crippen LogP contribution in [0.25, 0.3) is 0 Å². The molecule has 2 aromatic heterocycles. The smallest absolute Gasteiger partial charge is 0.255 e. The lowest BCUT2D eigenvalue weighted by Gasteiger charge is -2.31. The molecule has 1 fully saturated rings. The number of piperidine rings is 1. The number of nitrogens with zero attached hydrogens (tertiary/aromatic N) is 4. The molecule has 41 heavy (non-hydrogen) atoms. The average molecular weight is 549 g/mol. The van der Waals surface area contributed by atoms with Crippen LogP contribution in [0, 0.1) is 23.1 Å². The van der Waals surface area contributed by atoms with Crippen LogP contribution in [-0.2, 0) is 6.42 Å². The number of rotatable bonds is 8. The molecule has 204 valence electrons. The molecule has 0 spiro atoms. The number of Topliss-reactive ketones (excluding diaryl/α,β-unsaturated/α-hetero) is 2. The minimum atomic E-state index is -0.388. The summed E-state index contributed by atoms with van der Waals surface area (Å²) in [6, 6.07) is 20.8. The number of likely N-dealkylation sites (tertiary alicyclic amines) is 1. The Hall–Kier alpha value is -5.23. The lowest BCUT2D eigenvalue weighted by molar-refractivity contribution is 0.0650. The van der Waals surface area contributed by atoms with Crippen molar-refractivity contribution in [2.24, 2.45) is 5.92 Å². The van der Waals surface area contributed by atoms with Crippen LogP contribution in [0.2, 0.25) is 0 Å². The molecule has 3 heterocycles. The lowest BCUT2D eigenvalue weighted by atomic mass is 9.88. The standard InChI is InChI=1S/C32H25FN4O4/c33-26-7-4-23(5-8-26)31(39)24-13-15-37(16-14-24)32(40)25-6-11-28(35-20-25)29(38)17-22-3-12-30(36-19-22)41-27-9-1-21(18-34)2-10-27/h1-12,19-20,24H,13-17H2. The van der Waals surface area contributed by atoms with Crippen molar-refractivity contribution in [3.63, 3.8) is 0 Å². The van der Waals surface area contributed by atoms with E-state index in [0.29, 0.717) is 59.8 Å². The summed E-state index contributed by atoms with van der Waals surface area (Å²) in [5, 5.41) is 8.89. The molecule has 4 aromatic rings. The molecule has 8 nitrogen and oxygen atoms in total. The van der Waals surface area contributed by atoms with Gasteiger partial charge >= 0.3 is 0 Å². The number of hydrogen-bond acceptors (Lipinski definition) is 7. The van der Waals surface area contributed by atoms with Crippen LogP contribution in [0.15, 0.2) is 85.2 Å². The highest BCUT2D eigenvalue weighted by atomic mass is 19.1. The molecular formula is C32H25FN4O4. The Morgan fingerprint density at radius 1 is 0.878 bits per heavy atom. The highest BCUT2D eigenvalue weighted by molar-refractivity contribution is 5.99. The van der Waals surface area contributed by atoms with Gasteiger partial charge in [0.15, 0.2) is 11.6 Å². The first kappa shape index (κ1) is 27.3. The van der Waals surface area contributed by atoms with Crippen molar-refractivity contribution in [1.82, 2.24) is 14.9 Å². The predicted molar refractivity (Wildman–Crippen MR) is 147 cm³/mol. The second-order valence-corrected chi connectivity index (χ2v) is 9.71. The van der Waals surface area contributed by atoms with Gasteiger partial charge in [0.05, 0.1) is 17.2 Å². The summed E-state index contributed by atoms with van der Waals surface area (Å²) in [5.41, 5.74) is 2.30. The number of aromatic nitrogens is 2. The van der Waals surface area contributed by atoms with Gasteiger partial charge in [0.25, 0.3) is 5.91 Å². The van der Waals surface area contributed by atoms with Gasteiger partial charge in [-0.3, -0.25) is 19.4 Å². The van der Waals surface area contributed by atoms with Crippen LogP contribution < -0.4 is 4.74 Å². The molecule has 1 aliphatic rings. The highest BCUT2D eigenvalue weighted by Crippen LogP contribution is 2.24. The van der Waals surface area contributed by atoms with Crippen molar-refractivity contribution in [2.75, 3.05) is 13.1 Å². The Balaban J connectivity index is 1.12. The molecule has 0 atom stereocenters. The van der Waals surface area contributed by atoms with Crippen molar-refractivity contribution in [3.8, 4) is 17.7 Å². The predicted octanol–water partition coefficient (Wildman–Crippen LogP) is 5.44. The quantitative estimate of drug-likeness (QED) is 0.269. The zero-order chi connectivity index (χ0) is 28.8. The number of ketones is 2. The van der Waals surface area contributed by atoms with E-state index in [1.807, 2.05) is 6.07 Å². The SMILES string of the molecule is N#Cc1ccc(Oc2ccc(CC(=O)c3ccc(C(=O)N4CCC(C(=O)c5ccc(F)cc5)CC4)cn3)cn2)cc1. The fourth-order valence-electron chi connectivity index (χ4n) is 4.63. The zero-order valence-electron chi connectivity index (χ0n) is 22.0. The number of nitriles is 1. The van der Waals surface area contributed by atoms with E-state index < -0.39 is 0 Å². The second kappa shape index (κ2) is 12.3. The summed E-state index contributed by atoms with van der Waals surface area (Å²) in [7, 11) is 0. The summed E-state index contributed by atoms with van der Waals surface area (Å²) < 4.78 is 18.8. The normalized spacial score (nSPS) is 13.3. The number of ether oxygens (including phenoxy) is 1. The molecule has 9 heteroatoms. The first-order chi connectivity index (χ1) is 19.9. The first-order valence-electron chi connectivity index (χ1n) is 13.1. The maximum Gasteiger partial charge on any atom is 0.255 e. The number of pyridine rings is 2. The number of halogens is 1. The molecule has 2 aromatic carbocycles. The van der Waals surface area contributed by atoms with E-state index in [0.717, 1.165) is 0 Å². The van der Waals surface area contributed by atoms with Crippen LogP contribution in [0.5, 0.6) is 11.6 Å². The lowest BCUT2D eigenvalue weighted by Crippen LogP contribution is -2.40. The number of benzene rings is 2. The van der Waals surface area contributed by atoms with Gasteiger partial charge in [-0.1, -0.05) is 6.07 Å². The largest absolute Gasteiger partial charge is 0.439 e.